The van der Waals surface area contributed by atoms with Crippen molar-refractivity contribution in [3.8, 4) is 6.07 Å². The van der Waals surface area contributed by atoms with Gasteiger partial charge in [0, 0.05) is 54.2 Å². The monoisotopic (exact) mass is 646 g/mol. The Balaban J connectivity index is 1.27. The Bertz CT molecular complexity index is 1870. The lowest BCUT2D eigenvalue weighted by atomic mass is 10.0. The molecule has 4 aromatic rings. The van der Waals surface area contributed by atoms with E-state index in [0.29, 0.717) is 27.7 Å². The molecule has 0 spiro atoms. The number of likely N-dealkylation sites (tertiary alicyclic amines) is 1. The predicted octanol–water partition coefficient (Wildman–Crippen LogP) is 5.11. The number of nitrogens with one attached hydrogen (secondary N) is 3. The molecule has 0 unspecified atom stereocenters. The van der Waals surface area contributed by atoms with Crippen LogP contribution in [-0.4, -0.2) is 66.5 Å². The van der Waals surface area contributed by atoms with Gasteiger partial charge in [0.05, 0.1) is 24.6 Å². The van der Waals surface area contributed by atoms with Crippen molar-refractivity contribution in [1.29, 1.82) is 5.26 Å². The molecule has 4 heterocycles. The number of thiophene rings is 1. The number of nitrogens with zero attached hydrogens (tertiary/aromatic N) is 5. The lowest BCUT2D eigenvalue weighted by Crippen LogP contribution is -2.39. The molecule has 15 heteroatoms. The predicted molar refractivity (Wildman–Crippen MR) is 167 cm³/mol. The van der Waals surface area contributed by atoms with E-state index in [1.54, 1.807) is 11.6 Å². The number of anilines is 2. The Morgan fingerprint density at radius 2 is 1.93 bits per heavy atom. The second kappa shape index (κ2) is 12.3. The van der Waals surface area contributed by atoms with Crippen molar-refractivity contribution in [3.63, 3.8) is 0 Å². The fourth-order valence-corrected chi connectivity index (χ4v) is 7.24. The van der Waals surface area contributed by atoms with Crippen LogP contribution >= 0.6 is 11.3 Å². The number of nitriles is 1. The molecular weight excluding hydrogens is 614 g/mol. The SMILES string of the molecule is C=C(Cn1c(C#N)cc2c(C)c(CN3CCC(Nc4nc(NC)nc5sc(CC(F)(F)F)cc45)CC3)ccc21)NS(C)(=O)=O. The number of piperidine rings is 1. The summed E-state index contributed by atoms with van der Waals surface area (Å²) in [4.78, 5) is 11.9. The van der Waals surface area contributed by atoms with Crippen LogP contribution in [0.5, 0.6) is 0 Å². The van der Waals surface area contributed by atoms with Gasteiger partial charge >= 0.3 is 6.18 Å². The molecule has 0 saturated carbocycles. The Morgan fingerprint density at radius 1 is 1.20 bits per heavy atom. The molecule has 0 aliphatic carbocycles. The van der Waals surface area contributed by atoms with Crippen LogP contribution in [0.2, 0.25) is 0 Å². The fourth-order valence-electron chi connectivity index (χ4n) is 5.59. The maximum atomic E-state index is 13.0. The first kappa shape index (κ1) is 31.6. The molecule has 44 heavy (non-hydrogen) atoms. The first-order valence-electron chi connectivity index (χ1n) is 13.9. The van der Waals surface area contributed by atoms with Gasteiger partial charge in [-0.3, -0.25) is 9.62 Å². The van der Waals surface area contributed by atoms with Gasteiger partial charge in [0.2, 0.25) is 16.0 Å². The van der Waals surface area contributed by atoms with E-state index >= 15 is 0 Å². The molecule has 1 fully saturated rings. The van der Waals surface area contributed by atoms with E-state index in [4.69, 9.17) is 0 Å². The summed E-state index contributed by atoms with van der Waals surface area (Å²) < 4.78 is 66.4. The minimum absolute atomic E-state index is 0.101. The molecule has 1 aliphatic heterocycles. The van der Waals surface area contributed by atoms with Crippen molar-refractivity contribution >= 4 is 54.2 Å². The van der Waals surface area contributed by atoms with Crippen LogP contribution < -0.4 is 15.4 Å². The number of sulfonamides is 1. The zero-order chi connectivity index (χ0) is 31.8. The lowest BCUT2D eigenvalue weighted by Gasteiger charge is -2.33. The third-order valence-corrected chi connectivity index (χ3v) is 9.31. The first-order chi connectivity index (χ1) is 20.7. The van der Waals surface area contributed by atoms with Gasteiger partial charge in [0.25, 0.3) is 0 Å². The fraction of sp³-hybridized carbons (Fsp3) is 0.414. The van der Waals surface area contributed by atoms with Crippen molar-refractivity contribution in [1.82, 2.24) is 24.2 Å². The number of allylic oxidation sites excluding steroid dienone is 1. The van der Waals surface area contributed by atoms with E-state index in [9.17, 15) is 26.9 Å². The number of aryl methyl sites for hydroxylation is 1. The number of hydrogen-bond acceptors (Lipinski definition) is 9. The Labute approximate surface area is 257 Å². The summed E-state index contributed by atoms with van der Waals surface area (Å²) in [6.07, 6.45) is -2.58. The Hall–Kier alpha value is -3.87. The number of fused-ring (bicyclic) bond motifs is 2. The van der Waals surface area contributed by atoms with Crippen LogP contribution in [0.3, 0.4) is 0 Å². The maximum Gasteiger partial charge on any atom is 0.393 e. The molecule has 0 amide bonds. The molecule has 1 aromatic carbocycles. The third kappa shape index (κ3) is 7.25. The molecule has 0 bridgehead atoms. The zero-order valence-electron chi connectivity index (χ0n) is 24.5. The molecular formula is C29H33F3N8O2S2. The van der Waals surface area contributed by atoms with Crippen LogP contribution in [0.1, 0.15) is 34.5 Å². The number of aromatic nitrogens is 3. The summed E-state index contributed by atoms with van der Waals surface area (Å²) in [7, 11) is -1.80. The van der Waals surface area contributed by atoms with Crippen LogP contribution in [0, 0.1) is 18.3 Å². The Kier molecular flexibility index (Phi) is 8.79. The molecule has 1 aliphatic rings. The maximum absolute atomic E-state index is 13.0. The van der Waals surface area contributed by atoms with E-state index in [1.807, 2.05) is 25.1 Å². The minimum atomic E-state index is -4.29. The first-order valence-corrected chi connectivity index (χ1v) is 16.6. The largest absolute Gasteiger partial charge is 0.393 e. The van der Waals surface area contributed by atoms with Crippen molar-refractivity contribution < 1.29 is 21.6 Å². The lowest BCUT2D eigenvalue weighted by molar-refractivity contribution is -0.126. The molecule has 0 radical (unpaired) electrons. The highest BCUT2D eigenvalue weighted by Crippen LogP contribution is 2.35. The third-order valence-electron chi connectivity index (χ3n) is 7.62. The second-order valence-corrected chi connectivity index (χ2v) is 13.9. The van der Waals surface area contributed by atoms with Crippen LogP contribution in [-0.2, 0) is 29.5 Å². The van der Waals surface area contributed by atoms with E-state index in [1.165, 1.54) is 6.07 Å². The average Bonchev–Trinajstić information content (AvgIpc) is 3.50. The van der Waals surface area contributed by atoms with Crippen molar-refractivity contribution in [3.05, 3.63) is 58.2 Å². The van der Waals surface area contributed by atoms with E-state index in [2.05, 4.69) is 42.9 Å². The van der Waals surface area contributed by atoms with Crippen LogP contribution in [0.25, 0.3) is 21.1 Å². The standard InChI is InChI=1S/C29H33F3N8O2S2/c1-17(38-44(4,41)42)15-40-21(14-33)11-23-18(2)19(5-6-25(23)40)16-39-9-7-20(8-10-39)35-26-24-12-22(13-29(30,31)32)43-27(24)37-28(34-3)36-26/h5-6,11-12,20,38H,1,7-10,13,15-16H2,2-4H3,(H2,34,35,36,37). The second-order valence-electron chi connectivity index (χ2n) is 11.1. The molecule has 234 valence electrons. The molecule has 1 saturated heterocycles. The number of hydrogen-bond donors (Lipinski definition) is 3. The summed E-state index contributed by atoms with van der Waals surface area (Å²) >= 11 is 1.03. The van der Waals surface area contributed by atoms with E-state index in [0.717, 1.165) is 72.1 Å². The molecule has 10 nitrogen and oxygen atoms in total. The summed E-state index contributed by atoms with van der Waals surface area (Å²) in [6, 6.07) is 9.65. The molecule has 3 aromatic heterocycles. The highest BCUT2D eigenvalue weighted by Gasteiger charge is 2.29. The summed E-state index contributed by atoms with van der Waals surface area (Å²) in [6.45, 7) is 8.31. The van der Waals surface area contributed by atoms with Gasteiger partial charge < -0.3 is 15.2 Å². The van der Waals surface area contributed by atoms with Gasteiger partial charge in [-0.25, -0.2) is 13.4 Å². The van der Waals surface area contributed by atoms with Gasteiger partial charge in [0.1, 0.15) is 22.4 Å². The highest BCUT2D eigenvalue weighted by molar-refractivity contribution is 7.88. The normalized spacial score (nSPS) is 15.0. The Morgan fingerprint density at radius 3 is 2.57 bits per heavy atom. The number of alkyl halides is 3. The number of halogens is 3. The number of rotatable bonds is 10. The van der Waals surface area contributed by atoms with Crippen molar-refractivity contribution in [2.45, 2.75) is 51.5 Å². The smallest absolute Gasteiger partial charge is 0.367 e. The number of benzene rings is 1. The van der Waals surface area contributed by atoms with Crippen LogP contribution in [0.4, 0.5) is 24.9 Å². The summed E-state index contributed by atoms with van der Waals surface area (Å²) in [5, 5.41) is 17.6. The highest BCUT2D eigenvalue weighted by atomic mass is 32.2. The summed E-state index contributed by atoms with van der Waals surface area (Å²) in [5.41, 5.74) is 3.69. The zero-order valence-corrected chi connectivity index (χ0v) is 26.2. The quantitative estimate of drug-likeness (QED) is 0.217. The van der Waals surface area contributed by atoms with Crippen LogP contribution in [0.15, 0.2) is 36.5 Å². The van der Waals surface area contributed by atoms with E-state index in [-0.39, 0.29) is 23.2 Å². The topological polar surface area (TPSA) is 128 Å². The minimum Gasteiger partial charge on any atom is -0.367 e. The average molecular weight is 647 g/mol. The van der Waals surface area contributed by atoms with Gasteiger partial charge in [-0.15, -0.1) is 11.3 Å². The van der Waals surface area contributed by atoms with Crippen molar-refractivity contribution in [2.75, 3.05) is 37.0 Å². The van der Waals surface area contributed by atoms with Crippen molar-refractivity contribution in [2.24, 2.45) is 0 Å². The summed E-state index contributed by atoms with van der Waals surface area (Å²) in [5.74, 6) is 0.893. The molecule has 3 N–H and O–H groups in total. The molecule has 0 atom stereocenters. The molecule has 5 rings (SSSR count). The van der Waals surface area contributed by atoms with Gasteiger partial charge in [-0.1, -0.05) is 12.6 Å². The van der Waals surface area contributed by atoms with Gasteiger partial charge in [0.15, 0.2) is 0 Å². The van der Waals surface area contributed by atoms with Gasteiger partial charge in [-0.05, 0) is 49.1 Å². The van der Waals surface area contributed by atoms with Gasteiger partial charge in [-0.2, -0.15) is 23.4 Å². The van der Waals surface area contributed by atoms with E-state index < -0.39 is 22.6 Å².